The minimum absolute atomic E-state index is 0.0148. The molecule has 0 bridgehead atoms. The maximum atomic E-state index is 12.8. The van der Waals surface area contributed by atoms with Crippen molar-refractivity contribution in [2.75, 3.05) is 19.7 Å². The van der Waals surface area contributed by atoms with Gasteiger partial charge in [0.25, 0.3) is 5.91 Å². The molecule has 2 atom stereocenters. The van der Waals surface area contributed by atoms with Crippen molar-refractivity contribution in [2.45, 2.75) is 37.4 Å². The Morgan fingerprint density at radius 1 is 1.21 bits per heavy atom. The van der Waals surface area contributed by atoms with Gasteiger partial charge in [-0.15, -0.1) is 0 Å². The molecule has 0 N–H and O–H groups in total. The van der Waals surface area contributed by atoms with Crippen molar-refractivity contribution in [2.24, 2.45) is 5.92 Å². The van der Waals surface area contributed by atoms with Crippen LogP contribution in [0.15, 0.2) is 36.9 Å². The number of aromatic nitrogens is 2. The third-order valence-electron chi connectivity index (χ3n) is 6.29. The van der Waals surface area contributed by atoms with Crippen molar-refractivity contribution in [3.63, 3.8) is 0 Å². The first-order valence-corrected chi connectivity index (χ1v) is 10.2. The lowest BCUT2D eigenvalue weighted by Crippen LogP contribution is -2.57. The Hall–Kier alpha value is -2.18. The van der Waals surface area contributed by atoms with Crippen LogP contribution in [0, 0.1) is 5.92 Å². The SMILES string of the molecule is O=C(c1cncnc1)N1CCC2(CC1)Oc1ccc(Cl)cc1[C@H]1OCCC[C@@H]12. The zero-order chi connectivity index (χ0) is 19.1. The number of amides is 1. The van der Waals surface area contributed by atoms with E-state index in [2.05, 4.69) is 9.97 Å². The predicted octanol–water partition coefficient (Wildman–Crippen LogP) is 3.67. The summed E-state index contributed by atoms with van der Waals surface area (Å²) in [4.78, 5) is 22.6. The summed E-state index contributed by atoms with van der Waals surface area (Å²) >= 11 is 6.23. The normalized spacial score (nSPS) is 25.5. The molecule has 3 aliphatic rings. The molecular formula is C21H22ClN3O3. The van der Waals surface area contributed by atoms with Crippen LogP contribution in [0.4, 0.5) is 0 Å². The third-order valence-corrected chi connectivity index (χ3v) is 6.53. The van der Waals surface area contributed by atoms with Crippen molar-refractivity contribution in [3.8, 4) is 5.75 Å². The van der Waals surface area contributed by atoms with Crippen LogP contribution in [-0.2, 0) is 4.74 Å². The van der Waals surface area contributed by atoms with Gasteiger partial charge in [-0.2, -0.15) is 0 Å². The van der Waals surface area contributed by atoms with Crippen molar-refractivity contribution in [3.05, 3.63) is 53.1 Å². The maximum absolute atomic E-state index is 12.8. The molecule has 1 aromatic heterocycles. The Bertz CT molecular complexity index is 884. The first-order valence-electron chi connectivity index (χ1n) is 9.81. The second-order valence-corrected chi connectivity index (χ2v) is 8.24. The van der Waals surface area contributed by atoms with Crippen LogP contribution in [0.3, 0.4) is 0 Å². The van der Waals surface area contributed by atoms with E-state index in [9.17, 15) is 4.79 Å². The van der Waals surface area contributed by atoms with E-state index in [0.29, 0.717) is 23.7 Å². The molecule has 0 saturated carbocycles. The second kappa shape index (κ2) is 7.01. The van der Waals surface area contributed by atoms with E-state index in [0.717, 1.165) is 43.6 Å². The molecule has 1 spiro atoms. The summed E-state index contributed by atoms with van der Waals surface area (Å²) in [7, 11) is 0. The highest BCUT2D eigenvalue weighted by Crippen LogP contribution is 2.53. The Kier molecular flexibility index (Phi) is 4.48. The lowest BCUT2D eigenvalue weighted by Gasteiger charge is -2.53. The fraction of sp³-hybridized carbons (Fsp3) is 0.476. The molecule has 1 amide bonds. The fourth-order valence-electron chi connectivity index (χ4n) is 4.91. The predicted molar refractivity (Wildman–Crippen MR) is 103 cm³/mol. The van der Waals surface area contributed by atoms with E-state index < -0.39 is 0 Å². The molecule has 2 fully saturated rings. The van der Waals surface area contributed by atoms with Gasteiger partial charge < -0.3 is 14.4 Å². The number of halogens is 1. The zero-order valence-corrected chi connectivity index (χ0v) is 16.3. The fourth-order valence-corrected chi connectivity index (χ4v) is 5.09. The van der Waals surface area contributed by atoms with Gasteiger partial charge in [0.1, 0.15) is 17.7 Å². The first-order chi connectivity index (χ1) is 13.7. The van der Waals surface area contributed by atoms with E-state index in [1.807, 2.05) is 23.1 Å². The van der Waals surface area contributed by atoms with E-state index in [4.69, 9.17) is 21.1 Å². The van der Waals surface area contributed by atoms with Gasteiger partial charge in [0.05, 0.1) is 11.7 Å². The maximum Gasteiger partial charge on any atom is 0.256 e. The van der Waals surface area contributed by atoms with Gasteiger partial charge in [0, 0.05) is 61.4 Å². The number of fused-ring (bicyclic) bond motifs is 4. The molecule has 2 saturated heterocycles. The Morgan fingerprint density at radius 3 is 2.79 bits per heavy atom. The number of hydrogen-bond donors (Lipinski definition) is 0. The molecule has 0 unspecified atom stereocenters. The van der Waals surface area contributed by atoms with Crippen LogP contribution in [-0.4, -0.2) is 46.1 Å². The number of rotatable bonds is 1. The van der Waals surface area contributed by atoms with Crippen LogP contribution in [0.5, 0.6) is 5.75 Å². The van der Waals surface area contributed by atoms with Gasteiger partial charge in [-0.1, -0.05) is 11.6 Å². The number of hydrogen-bond acceptors (Lipinski definition) is 5. The van der Waals surface area contributed by atoms with E-state index in [1.54, 1.807) is 12.4 Å². The van der Waals surface area contributed by atoms with Gasteiger partial charge >= 0.3 is 0 Å². The topological polar surface area (TPSA) is 64.6 Å². The second-order valence-electron chi connectivity index (χ2n) is 7.81. The highest BCUT2D eigenvalue weighted by molar-refractivity contribution is 6.30. The minimum Gasteiger partial charge on any atom is -0.486 e. The smallest absolute Gasteiger partial charge is 0.256 e. The largest absolute Gasteiger partial charge is 0.486 e. The third kappa shape index (κ3) is 2.95. The Balaban J connectivity index is 1.40. The monoisotopic (exact) mass is 399 g/mol. The zero-order valence-electron chi connectivity index (χ0n) is 15.5. The summed E-state index contributed by atoms with van der Waals surface area (Å²) in [6.07, 6.45) is 8.27. The standard InChI is InChI=1S/C21H22ClN3O3/c22-15-3-4-18-16(10-15)19-17(2-1-9-27-19)21(28-18)5-7-25(8-6-21)20(26)14-11-23-13-24-12-14/h3-4,10-13,17,19H,1-2,5-9H2/t17-,19+/m0/s1. The molecule has 7 heteroatoms. The van der Waals surface area contributed by atoms with E-state index >= 15 is 0 Å². The Labute approximate surface area is 168 Å². The number of likely N-dealkylation sites (tertiary alicyclic amines) is 1. The number of nitrogens with zero attached hydrogens (tertiary/aromatic N) is 3. The average molecular weight is 400 g/mol. The van der Waals surface area contributed by atoms with Crippen molar-refractivity contribution >= 4 is 17.5 Å². The summed E-state index contributed by atoms with van der Waals surface area (Å²) in [5.74, 6) is 1.13. The highest BCUT2D eigenvalue weighted by atomic mass is 35.5. The van der Waals surface area contributed by atoms with Crippen molar-refractivity contribution in [1.82, 2.24) is 14.9 Å². The number of benzene rings is 1. The molecule has 6 nitrogen and oxygen atoms in total. The molecule has 0 aliphatic carbocycles. The number of carbonyl (C=O) groups is 1. The molecule has 28 heavy (non-hydrogen) atoms. The van der Waals surface area contributed by atoms with E-state index in [-0.39, 0.29) is 23.5 Å². The molecule has 5 rings (SSSR count). The van der Waals surface area contributed by atoms with Crippen molar-refractivity contribution in [1.29, 1.82) is 0 Å². The first kappa shape index (κ1) is 17.9. The average Bonchev–Trinajstić information content (AvgIpc) is 2.75. The van der Waals surface area contributed by atoms with E-state index in [1.165, 1.54) is 6.33 Å². The summed E-state index contributed by atoms with van der Waals surface area (Å²) in [5.41, 5.74) is 1.29. The van der Waals surface area contributed by atoms with Crippen LogP contribution in [0.25, 0.3) is 0 Å². The lowest BCUT2D eigenvalue weighted by molar-refractivity contribution is -0.147. The number of ether oxygens (including phenoxy) is 2. The highest BCUT2D eigenvalue weighted by Gasteiger charge is 2.52. The summed E-state index contributed by atoms with van der Waals surface area (Å²) < 4.78 is 12.8. The summed E-state index contributed by atoms with van der Waals surface area (Å²) in [6, 6.07) is 5.79. The van der Waals surface area contributed by atoms with Gasteiger partial charge in [-0.3, -0.25) is 4.79 Å². The van der Waals surface area contributed by atoms with Gasteiger partial charge in [-0.25, -0.2) is 9.97 Å². The molecule has 2 aromatic rings. The summed E-state index contributed by atoms with van der Waals surface area (Å²) in [6.45, 7) is 2.07. The van der Waals surface area contributed by atoms with Crippen LogP contribution >= 0.6 is 11.6 Å². The van der Waals surface area contributed by atoms with Crippen LogP contribution in [0.1, 0.15) is 47.7 Å². The Morgan fingerprint density at radius 2 is 2.00 bits per heavy atom. The minimum atomic E-state index is -0.296. The van der Waals surface area contributed by atoms with Crippen LogP contribution in [0.2, 0.25) is 5.02 Å². The molecule has 1 aromatic carbocycles. The molecular weight excluding hydrogens is 378 g/mol. The number of carbonyl (C=O) groups excluding carboxylic acids is 1. The van der Waals surface area contributed by atoms with Crippen LogP contribution < -0.4 is 4.74 Å². The molecule has 0 radical (unpaired) electrons. The van der Waals surface area contributed by atoms with Gasteiger partial charge in [0.2, 0.25) is 0 Å². The quantitative estimate of drug-likeness (QED) is 0.732. The molecule has 146 valence electrons. The lowest BCUT2D eigenvalue weighted by atomic mass is 9.70. The molecule has 4 heterocycles. The molecule has 3 aliphatic heterocycles. The van der Waals surface area contributed by atoms with Gasteiger partial charge in [0.15, 0.2) is 0 Å². The summed E-state index contributed by atoms with van der Waals surface area (Å²) in [5, 5.41) is 0.705. The van der Waals surface area contributed by atoms with Gasteiger partial charge in [-0.05, 0) is 31.0 Å². The van der Waals surface area contributed by atoms with Crippen molar-refractivity contribution < 1.29 is 14.3 Å². The number of piperidine rings is 1.